The number of amides is 1. The summed E-state index contributed by atoms with van der Waals surface area (Å²) < 4.78 is 54.8. The van der Waals surface area contributed by atoms with E-state index in [9.17, 15) is 22.0 Å². The number of carbonyl (C=O) groups is 1. The molecule has 150 valence electrons. The van der Waals surface area contributed by atoms with Crippen LogP contribution in [0, 0.1) is 17.6 Å². The van der Waals surface area contributed by atoms with Gasteiger partial charge in [-0.3, -0.25) is 4.79 Å². The lowest BCUT2D eigenvalue weighted by Crippen LogP contribution is -2.42. The van der Waals surface area contributed by atoms with Gasteiger partial charge in [0.15, 0.2) is 0 Å². The Labute approximate surface area is 170 Å². The maximum absolute atomic E-state index is 13.7. The van der Waals surface area contributed by atoms with Gasteiger partial charge in [0.05, 0.1) is 5.75 Å². The molecule has 5 nitrogen and oxygen atoms in total. The normalized spacial score (nSPS) is 16.1. The zero-order valence-electron chi connectivity index (χ0n) is 14.9. The highest BCUT2D eigenvalue weighted by molar-refractivity contribution is 9.10. The average molecular weight is 473 g/mol. The minimum atomic E-state index is -3.50. The first-order valence-electron chi connectivity index (χ1n) is 8.73. The summed E-state index contributed by atoms with van der Waals surface area (Å²) in [4.78, 5) is 12.3. The van der Waals surface area contributed by atoms with Gasteiger partial charge in [-0.15, -0.1) is 0 Å². The fourth-order valence-electron chi connectivity index (χ4n) is 3.12. The standard InChI is InChI=1S/C19H19BrF2N2O3S/c20-15-6-4-13(5-7-15)12-28(26,27)24-10-8-14(9-11-24)19(25)23-18-16(21)2-1-3-17(18)22/h1-7,14H,8-12H2,(H,23,25). The predicted octanol–water partition coefficient (Wildman–Crippen LogP) is 3.91. The third-order valence-electron chi connectivity index (χ3n) is 4.69. The van der Waals surface area contributed by atoms with Crippen molar-refractivity contribution in [1.29, 1.82) is 0 Å². The van der Waals surface area contributed by atoms with Gasteiger partial charge in [-0.05, 0) is 42.7 Å². The molecule has 0 radical (unpaired) electrons. The molecule has 0 spiro atoms. The van der Waals surface area contributed by atoms with Crippen LogP contribution in [0.3, 0.4) is 0 Å². The Bertz CT molecular complexity index is 939. The first-order valence-corrected chi connectivity index (χ1v) is 11.1. The molecule has 0 saturated carbocycles. The van der Waals surface area contributed by atoms with Crippen LogP contribution in [-0.4, -0.2) is 31.7 Å². The van der Waals surface area contributed by atoms with Crippen molar-refractivity contribution in [2.45, 2.75) is 18.6 Å². The molecule has 1 saturated heterocycles. The number of nitrogens with one attached hydrogen (secondary N) is 1. The van der Waals surface area contributed by atoms with Gasteiger partial charge in [0, 0.05) is 23.5 Å². The van der Waals surface area contributed by atoms with Gasteiger partial charge in [-0.2, -0.15) is 0 Å². The fourth-order valence-corrected chi connectivity index (χ4v) is 4.95. The minimum absolute atomic E-state index is 0.114. The molecule has 28 heavy (non-hydrogen) atoms. The van der Waals surface area contributed by atoms with E-state index in [0.717, 1.165) is 16.6 Å². The molecule has 1 aliphatic rings. The van der Waals surface area contributed by atoms with Crippen molar-refractivity contribution in [3.63, 3.8) is 0 Å². The van der Waals surface area contributed by atoms with Crippen LogP contribution in [0.15, 0.2) is 46.9 Å². The number of nitrogens with zero attached hydrogens (tertiary/aromatic N) is 1. The Morgan fingerprint density at radius 3 is 2.21 bits per heavy atom. The van der Waals surface area contributed by atoms with Crippen LogP contribution in [0.4, 0.5) is 14.5 Å². The van der Waals surface area contributed by atoms with Gasteiger partial charge in [-0.1, -0.05) is 34.1 Å². The van der Waals surface area contributed by atoms with Crippen molar-refractivity contribution in [3.05, 3.63) is 64.1 Å². The van der Waals surface area contributed by atoms with Crippen LogP contribution >= 0.6 is 15.9 Å². The molecule has 0 bridgehead atoms. The molecule has 1 heterocycles. The van der Waals surface area contributed by atoms with Crippen LogP contribution in [0.25, 0.3) is 0 Å². The number of halogens is 3. The quantitative estimate of drug-likeness (QED) is 0.717. The lowest BCUT2D eigenvalue weighted by Gasteiger charge is -2.30. The second kappa shape index (κ2) is 8.67. The minimum Gasteiger partial charge on any atom is -0.321 e. The molecule has 0 atom stereocenters. The first kappa shape index (κ1) is 20.9. The zero-order valence-corrected chi connectivity index (χ0v) is 17.3. The second-order valence-electron chi connectivity index (χ2n) is 6.64. The fraction of sp³-hybridized carbons (Fsp3) is 0.316. The van der Waals surface area contributed by atoms with Gasteiger partial charge < -0.3 is 5.32 Å². The summed E-state index contributed by atoms with van der Waals surface area (Å²) in [5.41, 5.74) is 0.205. The summed E-state index contributed by atoms with van der Waals surface area (Å²) in [5.74, 6) is -2.81. The summed E-state index contributed by atoms with van der Waals surface area (Å²) in [5, 5.41) is 2.29. The maximum Gasteiger partial charge on any atom is 0.227 e. The number of para-hydroxylation sites is 1. The Kier molecular flexibility index (Phi) is 6.47. The number of carbonyl (C=O) groups excluding carboxylic acids is 1. The highest BCUT2D eigenvalue weighted by Crippen LogP contribution is 2.25. The monoisotopic (exact) mass is 472 g/mol. The van der Waals surface area contributed by atoms with E-state index in [1.807, 2.05) is 0 Å². The molecule has 2 aromatic carbocycles. The predicted molar refractivity (Wildman–Crippen MR) is 106 cm³/mol. The van der Waals surface area contributed by atoms with Gasteiger partial charge in [0.1, 0.15) is 17.3 Å². The maximum atomic E-state index is 13.7. The van der Waals surface area contributed by atoms with Crippen molar-refractivity contribution in [3.8, 4) is 0 Å². The number of anilines is 1. The lowest BCUT2D eigenvalue weighted by atomic mass is 9.97. The van der Waals surface area contributed by atoms with E-state index < -0.39 is 39.2 Å². The summed E-state index contributed by atoms with van der Waals surface area (Å²) in [6.07, 6.45) is 0.586. The van der Waals surface area contributed by atoms with E-state index in [1.165, 1.54) is 10.4 Å². The van der Waals surface area contributed by atoms with E-state index in [4.69, 9.17) is 0 Å². The number of piperidine rings is 1. The van der Waals surface area contributed by atoms with Crippen LogP contribution in [0.1, 0.15) is 18.4 Å². The Morgan fingerprint density at radius 2 is 1.64 bits per heavy atom. The van der Waals surface area contributed by atoms with Crippen LogP contribution in [0.5, 0.6) is 0 Å². The third-order valence-corrected chi connectivity index (χ3v) is 7.07. The van der Waals surface area contributed by atoms with Gasteiger partial charge in [0.2, 0.25) is 15.9 Å². The molecule has 0 aliphatic carbocycles. The third kappa shape index (κ3) is 4.95. The van der Waals surface area contributed by atoms with Crippen molar-refractivity contribution in [1.82, 2.24) is 4.31 Å². The van der Waals surface area contributed by atoms with Gasteiger partial charge in [-0.25, -0.2) is 21.5 Å². The SMILES string of the molecule is O=C(Nc1c(F)cccc1F)C1CCN(S(=O)(=O)Cc2ccc(Br)cc2)CC1. The van der Waals surface area contributed by atoms with Crippen LogP contribution in [0.2, 0.25) is 0 Å². The highest BCUT2D eigenvalue weighted by atomic mass is 79.9. The zero-order chi connectivity index (χ0) is 20.3. The van der Waals surface area contributed by atoms with E-state index in [2.05, 4.69) is 21.2 Å². The number of sulfonamides is 1. The number of benzene rings is 2. The molecule has 1 amide bonds. The smallest absolute Gasteiger partial charge is 0.227 e. The van der Waals surface area contributed by atoms with E-state index in [0.29, 0.717) is 18.4 Å². The number of hydrogen-bond donors (Lipinski definition) is 1. The molecular weight excluding hydrogens is 454 g/mol. The summed E-state index contributed by atoms with van der Waals surface area (Å²) >= 11 is 3.31. The van der Waals surface area contributed by atoms with Crippen molar-refractivity contribution >= 4 is 37.5 Å². The van der Waals surface area contributed by atoms with Crippen LogP contribution < -0.4 is 5.32 Å². The van der Waals surface area contributed by atoms with Gasteiger partial charge >= 0.3 is 0 Å². The average Bonchev–Trinajstić information content (AvgIpc) is 2.66. The number of hydrogen-bond acceptors (Lipinski definition) is 3. The molecule has 1 fully saturated rings. The molecule has 9 heteroatoms. The van der Waals surface area contributed by atoms with Crippen LogP contribution in [-0.2, 0) is 20.6 Å². The largest absolute Gasteiger partial charge is 0.321 e. The molecule has 1 aliphatic heterocycles. The summed E-state index contributed by atoms with van der Waals surface area (Å²) in [7, 11) is -3.50. The van der Waals surface area contributed by atoms with Gasteiger partial charge in [0.25, 0.3) is 0 Å². The topological polar surface area (TPSA) is 66.5 Å². The molecule has 0 unspecified atom stereocenters. The Balaban J connectivity index is 1.59. The Morgan fingerprint density at radius 1 is 1.07 bits per heavy atom. The van der Waals surface area contributed by atoms with Crippen molar-refractivity contribution in [2.24, 2.45) is 5.92 Å². The second-order valence-corrected chi connectivity index (χ2v) is 9.53. The molecule has 1 N–H and O–H groups in total. The molecule has 0 aromatic heterocycles. The number of rotatable bonds is 5. The Hall–Kier alpha value is -1.84. The molecular formula is C19H19BrF2N2O3S. The van der Waals surface area contributed by atoms with Crippen molar-refractivity contribution < 1.29 is 22.0 Å². The summed E-state index contributed by atoms with van der Waals surface area (Å²) in [6, 6.07) is 10.4. The van der Waals surface area contributed by atoms with Crippen molar-refractivity contribution in [2.75, 3.05) is 18.4 Å². The molecule has 2 aromatic rings. The van der Waals surface area contributed by atoms with E-state index >= 15 is 0 Å². The highest BCUT2D eigenvalue weighted by Gasteiger charge is 2.31. The summed E-state index contributed by atoms with van der Waals surface area (Å²) in [6.45, 7) is 0.382. The van der Waals surface area contributed by atoms with E-state index in [-0.39, 0.29) is 18.8 Å². The first-order chi connectivity index (χ1) is 13.3. The molecule has 3 rings (SSSR count). The lowest BCUT2D eigenvalue weighted by molar-refractivity contribution is -0.121. The van der Waals surface area contributed by atoms with E-state index in [1.54, 1.807) is 24.3 Å².